The van der Waals surface area contributed by atoms with E-state index in [0.717, 1.165) is 37.8 Å². The van der Waals surface area contributed by atoms with E-state index >= 15 is 0 Å². The van der Waals surface area contributed by atoms with Gasteiger partial charge in [0.1, 0.15) is 5.69 Å². The molecule has 1 aromatic heterocycles. The van der Waals surface area contributed by atoms with Crippen molar-refractivity contribution in [3.05, 3.63) is 59.9 Å². The van der Waals surface area contributed by atoms with Gasteiger partial charge in [-0.15, -0.1) is 0 Å². The Hall–Kier alpha value is -2.25. The molecule has 2 unspecified atom stereocenters. The van der Waals surface area contributed by atoms with Crippen LogP contribution in [0.25, 0.3) is 0 Å². The van der Waals surface area contributed by atoms with Gasteiger partial charge in [-0.25, -0.2) is 18.1 Å². The van der Waals surface area contributed by atoms with Crippen LogP contribution in [0.2, 0.25) is 0 Å². The highest BCUT2D eigenvalue weighted by molar-refractivity contribution is 7.89. The highest BCUT2D eigenvalue weighted by Crippen LogP contribution is 2.57. The highest BCUT2D eigenvalue weighted by Gasteiger charge is 2.59. The van der Waals surface area contributed by atoms with Crippen LogP contribution in [-0.4, -0.2) is 30.4 Å². The lowest BCUT2D eigenvalue weighted by atomic mass is 9.50. The molecule has 1 heterocycles. The van der Waals surface area contributed by atoms with Crippen molar-refractivity contribution in [3.8, 4) is 0 Å². The second-order valence-corrected chi connectivity index (χ2v) is 11.2. The molecule has 2 N–H and O–H groups in total. The number of nitrogens with one attached hydrogen (secondary N) is 2. The molecule has 4 aliphatic rings. The number of rotatable bonds is 5. The average Bonchev–Trinajstić information content (AvgIpc) is 2.66. The van der Waals surface area contributed by atoms with E-state index in [4.69, 9.17) is 0 Å². The zero-order chi connectivity index (χ0) is 21.0. The van der Waals surface area contributed by atoms with Gasteiger partial charge in [-0.1, -0.05) is 24.3 Å². The van der Waals surface area contributed by atoms with E-state index in [1.807, 2.05) is 25.1 Å². The van der Waals surface area contributed by atoms with E-state index in [0.29, 0.717) is 28.8 Å². The fourth-order valence-electron chi connectivity index (χ4n) is 6.45. The Morgan fingerprint density at radius 2 is 1.63 bits per heavy atom. The summed E-state index contributed by atoms with van der Waals surface area (Å²) in [6, 6.07) is 14.0. The first kappa shape index (κ1) is 19.7. The lowest BCUT2D eigenvalue weighted by Crippen LogP contribution is -2.69. The van der Waals surface area contributed by atoms with Crippen LogP contribution in [0.4, 0.5) is 0 Å². The van der Waals surface area contributed by atoms with Gasteiger partial charge >= 0.3 is 0 Å². The van der Waals surface area contributed by atoms with Crippen LogP contribution >= 0.6 is 0 Å². The molecule has 7 heteroatoms. The molecule has 0 saturated heterocycles. The third-order valence-electron chi connectivity index (χ3n) is 6.97. The average molecular weight is 426 g/mol. The number of nitrogens with zero attached hydrogens (tertiary/aromatic N) is 1. The molecule has 0 aliphatic heterocycles. The fourth-order valence-corrected chi connectivity index (χ4v) is 7.89. The van der Waals surface area contributed by atoms with Gasteiger partial charge in [0, 0.05) is 16.8 Å². The van der Waals surface area contributed by atoms with Crippen molar-refractivity contribution in [3.63, 3.8) is 0 Å². The SMILES string of the molecule is Cc1cccc(C(=O)NC23CC4CC(C2)CC(NS(=O)(=O)c2ccccc2)(C4)C3)n1. The Kier molecular flexibility index (Phi) is 4.52. The maximum atomic E-state index is 13.1. The van der Waals surface area contributed by atoms with Gasteiger partial charge in [0.15, 0.2) is 0 Å². The number of sulfonamides is 1. The monoisotopic (exact) mass is 425 g/mol. The molecular weight excluding hydrogens is 398 g/mol. The summed E-state index contributed by atoms with van der Waals surface area (Å²) < 4.78 is 29.3. The maximum Gasteiger partial charge on any atom is 0.270 e. The largest absolute Gasteiger partial charge is 0.345 e. The van der Waals surface area contributed by atoms with Gasteiger partial charge in [-0.2, -0.15) is 0 Å². The van der Waals surface area contributed by atoms with Crippen LogP contribution in [0, 0.1) is 18.8 Å². The van der Waals surface area contributed by atoms with E-state index in [2.05, 4.69) is 15.0 Å². The molecule has 4 saturated carbocycles. The molecule has 4 aliphatic carbocycles. The van der Waals surface area contributed by atoms with Crippen LogP contribution in [-0.2, 0) is 10.0 Å². The topological polar surface area (TPSA) is 88.2 Å². The summed E-state index contributed by atoms with van der Waals surface area (Å²) in [5.74, 6) is 0.688. The predicted octanol–water partition coefficient (Wildman–Crippen LogP) is 3.19. The van der Waals surface area contributed by atoms with Crippen LogP contribution in [0.1, 0.15) is 54.7 Å². The summed E-state index contributed by atoms with van der Waals surface area (Å²) in [7, 11) is -3.61. The minimum atomic E-state index is -3.61. The van der Waals surface area contributed by atoms with Crippen molar-refractivity contribution in [2.24, 2.45) is 11.8 Å². The van der Waals surface area contributed by atoms with Crippen molar-refractivity contribution in [2.75, 3.05) is 0 Å². The van der Waals surface area contributed by atoms with Gasteiger partial charge in [-0.3, -0.25) is 4.79 Å². The molecule has 2 atom stereocenters. The zero-order valence-electron chi connectivity index (χ0n) is 17.1. The highest BCUT2D eigenvalue weighted by atomic mass is 32.2. The number of hydrogen-bond acceptors (Lipinski definition) is 4. The standard InChI is InChI=1S/C23H27N3O3S/c1-16-6-5-9-20(24-16)21(27)25-22-11-17-10-18(12-22)14-23(13-17,15-22)26-30(28,29)19-7-3-2-4-8-19/h2-9,17-18,26H,10-15H2,1H3,(H,25,27). The fraction of sp³-hybridized carbons (Fsp3) is 0.478. The number of hydrogen-bond donors (Lipinski definition) is 2. The number of benzene rings is 1. The summed E-state index contributed by atoms with van der Waals surface area (Å²) in [4.78, 5) is 17.6. The van der Waals surface area contributed by atoms with E-state index in [9.17, 15) is 13.2 Å². The second-order valence-electron chi connectivity index (χ2n) is 9.56. The van der Waals surface area contributed by atoms with E-state index in [-0.39, 0.29) is 11.4 Å². The number of amides is 1. The Balaban J connectivity index is 1.42. The van der Waals surface area contributed by atoms with Crippen LogP contribution < -0.4 is 10.0 Å². The number of carbonyl (C=O) groups excluding carboxylic acids is 1. The predicted molar refractivity (Wildman–Crippen MR) is 113 cm³/mol. The summed E-state index contributed by atoms with van der Waals surface area (Å²) in [6.45, 7) is 1.87. The van der Waals surface area contributed by atoms with E-state index in [1.54, 1.807) is 30.3 Å². The van der Waals surface area contributed by atoms with E-state index < -0.39 is 15.6 Å². The summed E-state index contributed by atoms with van der Waals surface area (Å²) in [6.07, 6.45) is 5.27. The van der Waals surface area contributed by atoms with Gasteiger partial charge < -0.3 is 5.32 Å². The van der Waals surface area contributed by atoms with Gasteiger partial charge in [0.2, 0.25) is 10.0 Å². The lowest BCUT2D eigenvalue weighted by Gasteiger charge is -2.62. The molecule has 2 aromatic rings. The first-order valence-electron chi connectivity index (χ1n) is 10.6. The quantitative estimate of drug-likeness (QED) is 0.770. The van der Waals surface area contributed by atoms with Crippen LogP contribution in [0.15, 0.2) is 53.4 Å². The van der Waals surface area contributed by atoms with Crippen molar-refractivity contribution < 1.29 is 13.2 Å². The number of aryl methyl sites for hydroxylation is 1. The Morgan fingerprint density at radius 1 is 0.967 bits per heavy atom. The molecular formula is C23H27N3O3S. The molecule has 158 valence electrons. The molecule has 0 spiro atoms. The first-order valence-corrected chi connectivity index (χ1v) is 12.1. The van der Waals surface area contributed by atoms with Gasteiger partial charge in [0.25, 0.3) is 5.91 Å². The molecule has 30 heavy (non-hydrogen) atoms. The number of carbonyl (C=O) groups is 1. The van der Waals surface area contributed by atoms with Crippen molar-refractivity contribution in [2.45, 2.75) is 61.4 Å². The van der Waals surface area contributed by atoms with Crippen molar-refractivity contribution >= 4 is 15.9 Å². The third-order valence-corrected chi connectivity index (χ3v) is 8.56. The zero-order valence-corrected chi connectivity index (χ0v) is 17.9. The Bertz CT molecular complexity index is 1070. The summed E-state index contributed by atoms with van der Waals surface area (Å²) in [5, 5.41) is 3.28. The molecule has 4 fully saturated rings. The van der Waals surface area contributed by atoms with Crippen LogP contribution in [0.5, 0.6) is 0 Å². The van der Waals surface area contributed by atoms with Gasteiger partial charge in [-0.05, 0) is 81.5 Å². The third kappa shape index (κ3) is 3.54. The van der Waals surface area contributed by atoms with Crippen molar-refractivity contribution in [1.82, 2.24) is 15.0 Å². The Labute approximate surface area is 177 Å². The number of pyridine rings is 1. The molecule has 1 aromatic carbocycles. The maximum absolute atomic E-state index is 13.1. The Morgan fingerprint density at radius 3 is 2.30 bits per heavy atom. The lowest BCUT2D eigenvalue weighted by molar-refractivity contribution is -0.0390. The van der Waals surface area contributed by atoms with Crippen molar-refractivity contribution in [1.29, 1.82) is 0 Å². The van der Waals surface area contributed by atoms with Crippen LogP contribution in [0.3, 0.4) is 0 Å². The summed E-state index contributed by atoms with van der Waals surface area (Å²) in [5.41, 5.74) is 0.364. The molecule has 6 rings (SSSR count). The molecule has 4 bridgehead atoms. The normalized spacial score (nSPS) is 32.2. The number of aromatic nitrogens is 1. The minimum Gasteiger partial charge on any atom is -0.345 e. The van der Waals surface area contributed by atoms with Gasteiger partial charge in [0.05, 0.1) is 4.90 Å². The second kappa shape index (κ2) is 6.89. The van der Waals surface area contributed by atoms with E-state index in [1.165, 1.54) is 0 Å². The summed E-state index contributed by atoms with van der Waals surface area (Å²) >= 11 is 0. The smallest absolute Gasteiger partial charge is 0.270 e. The molecule has 0 radical (unpaired) electrons. The minimum absolute atomic E-state index is 0.165. The molecule has 1 amide bonds. The molecule has 6 nitrogen and oxygen atoms in total. The first-order chi connectivity index (χ1) is 14.3.